The van der Waals surface area contributed by atoms with Gasteiger partial charge in [0, 0.05) is 17.1 Å². The Morgan fingerprint density at radius 3 is 2.43 bits per heavy atom. The van der Waals surface area contributed by atoms with Gasteiger partial charge >= 0.3 is 0 Å². The lowest BCUT2D eigenvalue weighted by atomic mass is 10.1. The monoisotopic (exact) mass is 251 g/mol. The molecule has 0 saturated heterocycles. The molecule has 0 saturated carbocycles. The lowest BCUT2D eigenvalue weighted by Gasteiger charge is -1.98. The number of hydrogen-bond donors (Lipinski definition) is 1. The average molecular weight is 253 g/mol. The van der Waals surface area contributed by atoms with Crippen LogP contribution in [0.2, 0.25) is 5.02 Å². The summed E-state index contributed by atoms with van der Waals surface area (Å²) in [6.45, 7) is 4.16. The van der Waals surface area contributed by atoms with E-state index >= 15 is 0 Å². The highest BCUT2D eigenvalue weighted by Crippen LogP contribution is 2.26. The molecule has 0 fully saturated rings. The third-order valence-electron chi connectivity index (χ3n) is 2.08. The van der Waals surface area contributed by atoms with Crippen molar-refractivity contribution in [2.75, 3.05) is 0 Å². The molecule has 1 aromatic carbocycles. The second-order valence-corrected chi connectivity index (χ2v) is 3.55. The van der Waals surface area contributed by atoms with Gasteiger partial charge in [-0.15, -0.1) is 24.8 Å². The van der Waals surface area contributed by atoms with E-state index in [1.165, 1.54) is 11.1 Å². The molecule has 1 nitrogen and oxygen atoms in total. The molecule has 2 rings (SSSR count). The number of aromatic amines is 1. The van der Waals surface area contributed by atoms with Gasteiger partial charge in [0.1, 0.15) is 0 Å². The highest BCUT2D eigenvalue weighted by Gasteiger charge is 2.03. The van der Waals surface area contributed by atoms with Gasteiger partial charge in [-0.25, -0.2) is 0 Å². The summed E-state index contributed by atoms with van der Waals surface area (Å²) in [5.74, 6) is 0. The van der Waals surface area contributed by atoms with Crippen molar-refractivity contribution in [3.63, 3.8) is 0 Å². The number of rotatable bonds is 0. The highest BCUT2D eigenvalue weighted by molar-refractivity contribution is 6.35. The summed E-state index contributed by atoms with van der Waals surface area (Å²) < 4.78 is 0. The SMILES string of the molecule is Cc1cc(C)c2[nH]cc(Cl)c2c1.Cl.Cl. The summed E-state index contributed by atoms with van der Waals surface area (Å²) in [7, 11) is 0. The van der Waals surface area contributed by atoms with Crippen molar-refractivity contribution in [1.29, 1.82) is 0 Å². The fourth-order valence-electron chi connectivity index (χ4n) is 1.56. The molecule has 0 aliphatic rings. The van der Waals surface area contributed by atoms with Crippen LogP contribution >= 0.6 is 36.4 Å². The molecule has 2 aromatic rings. The van der Waals surface area contributed by atoms with Gasteiger partial charge in [-0.1, -0.05) is 23.2 Å². The van der Waals surface area contributed by atoms with E-state index in [9.17, 15) is 0 Å². The van der Waals surface area contributed by atoms with E-state index in [0.29, 0.717) is 0 Å². The van der Waals surface area contributed by atoms with E-state index in [1.807, 2.05) is 6.20 Å². The zero-order valence-electron chi connectivity index (χ0n) is 7.93. The van der Waals surface area contributed by atoms with Crippen molar-refractivity contribution in [2.45, 2.75) is 13.8 Å². The van der Waals surface area contributed by atoms with Crippen LogP contribution < -0.4 is 0 Å². The van der Waals surface area contributed by atoms with E-state index < -0.39 is 0 Å². The fraction of sp³-hybridized carbons (Fsp3) is 0.200. The van der Waals surface area contributed by atoms with Gasteiger partial charge in [-0.3, -0.25) is 0 Å². The molecule has 78 valence electrons. The Kier molecular flexibility index (Phi) is 4.79. The summed E-state index contributed by atoms with van der Waals surface area (Å²) in [4.78, 5) is 3.15. The molecule has 0 aliphatic heterocycles. The molecule has 14 heavy (non-hydrogen) atoms. The minimum atomic E-state index is 0. The van der Waals surface area contributed by atoms with Crippen LogP contribution in [-0.4, -0.2) is 4.98 Å². The van der Waals surface area contributed by atoms with E-state index in [2.05, 4.69) is 31.0 Å². The Morgan fingerprint density at radius 1 is 1.14 bits per heavy atom. The first-order valence-corrected chi connectivity index (χ1v) is 4.30. The highest BCUT2D eigenvalue weighted by atomic mass is 35.5. The second-order valence-electron chi connectivity index (χ2n) is 3.14. The Morgan fingerprint density at radius 2 is 1.79 bits per heavy atom. The number of H-pyrrole nitrogens is 1. The minimum Gasteiger partial charge on any atom is -0.360 e. The number of aromatic nitrogens is 1. The molecule has 0 unspecified atom stereocenters. The number of halogens is 3. The maximum absolute atomic E-state index is 5.99. The fourth-order valence-corrected chi connectivity index (χ4v) is 1.76. The lowest BCUT2D eigenvalue weighted by molar-refractivity contribution is 1.38. The summed E-state index contributed by atoms with van der Waals surface area (Å²) in [5.41, 5.74) is 3.64. The van der Waals surface area contributed by atoms with Crippen LogP contribution in [0, 0.1) is 13.8 Å². The topological polar surface area (TPSA) is 15.8 Å². The first-order chi connectivity index (χ1) is 5.68. The van der Waals surface area contributed by atoms with Gasteiger partial charge in [0.15, 0.2) is 0 Å². The van der Waals surface area contributed by atoms with Crippen molar-refractivity contribution < 1.29 is 0 Å². The van der Waals surface area contributed by atoms with Crippen molar-refractivity contribution >= 4 is 47.3 Å². The molecule has 1 N–H and O–H groups in total. The molecule has 0 spiro atoms. The Hall–Kier alpha value is -0.370. The molecule has 0 atom stereocenters. The van der Waals surface area contributed by atoms with Gasteiger partial charge in [0.2, 0.25) is 0 Å². The van der Waals surface area contributed by atoms with Gasteiger partial charge in [0.05, 0.1) is 5.02 Å². The number of hydrogen-bond acceptors (Lipinski definition) is 0. The molecule has 1 heterocycles. The van der Waals surface area contributed by atoms with Crippen molar-refractivity contribution in [3.05, 3.63) is 34.5 Å². The smallest absolute Gasteiger partial charge is 0.0659 e. The Bertz CT molecular complexity index is 434. The largest absolute Gasteiger partial charge is 0.360 e. The third-order valence-corrected chi connectivity index (χ3v) is 2.39. The van der Waals surface area contributed by atoms with E-state index in [0.717, 1.165) is 15.9 Å². The van der Waals surface area contributed by atoms with Gasteiger partial charge in [-0.2, -0.15) is 0 Å². The lowest BCUT2D eigenvalue weighted by Crippen LogP contribution is -1.78. The predicted molar refractivity (Wildman–Crippen MR) is 67.3 cm³/mol. The Balaban J connectivity index is 0.000000845. The standard InChI is InChI=1S/C10H10ClN.2ClH/c1-6-3-7(2)10-8(4-6)9(11)5-12-10;;/h3-5,12H,1-2H3;2*1H. The Labute approximate surface area is 101 Å². The van der Waals surface area contributed by atoms with Crippen LogP contribution in [0.4, 0.5) is 0 Å². The molecule has 4 heteroatoms. The molecule has 0 bridgehead atoms. The van der Waals surface area contributed by atoms with Gasteiger partial charge < -0.3 is 4.98 Å². The zero-order chi connectivity index (χ0) is 8.72. The van der Waals surface area contributed by atoms with Gasteiger partial charge in [-0.05, 0) is 25.5 Å². The normalized spacial score (nSPS) is 9.36. The quantitative estimate of drug-likeness (QED) is 0.720. The van der Waals surface area contributed by atoms with Crippen LogP contribution in [-0.2, 0) is 0 Å². The maximum Gasteiger partial charge on any atom is 0.0659 e. The molecule has 0 amide bonds. The van der Waals surface area contributed by atoms with Crippen molar-refractivity contribution in [3.8, 4) is 0 Å². The summed E-state index contributed by atoms with van der Waals surface area (Å²) >= 11 is 5.99. The van der Waals surface area contributed by atoms with Crippen LogP contribution in [0.3, 0.4) is 0 Å². The zero-order valence-corrected chi connectivity index (χ0v) is 10.3. The van der Waals surface area contributed by atoms with Crippen LogP contribution in [0.5, 0.6) is 0 Å². The number of fused-ring (bicyclic) bond motifs is 1. The summed E-state index contributed by atoms with van der Waals surface area (Å²) in [6.07, 6.45) is 1.83. The van der Waals surface area contributed by atoms with E-state index in [-0.39, 0.29) is 24.8 Å². The number of nitrogens with one attached hydrogen (secondary N) is 1. The molecule has 0 aliphatic carbocycles. The number of benzene rings is 1. The average Bonchev–Trinajstić information content (AvgIpc) is 2.33. The maximum atomic E-state index is 5.99. The summed E-state index contributed by atoms with van der Waals surface area (Å²) in [5, 5.41) is 1.92. The van der Waals surface area contributed by atoms with Crippen LogP contribution in [0.25, 0.3) is 10.9 Å². The predicted octanol–water partition coefficient (Wildman–Crippen LogP) is 4.28. The molecular formula is C10H12Cl3N. The molecule has 0 radical (unpaired) electrons. The van der Waals surface area contributed by atoms with Crippen LogP contribution in [0.1, 0.15) is 11.1 Å². The van der Waals surface area contributed by atoms with Crippen LogP contribution in [0.15, 0.2) is 18.3 Å². The molecule has 1 aromatic heterocycles. The number of aryl methyl sites for hydroxylation is 2. The molecular weight excluding hydrogens is 240 g/mol. The van der Waals surface area contributed by atoms with Crippen molar-refractivity contribution in [2.24, 2.45) is 0 Å². The second kappa shape index (κ2) is 4.92. The first kappa shape index (κ1) is 13.6. The summed E-state index contributed by atoms with van der Waals surface area (Å²) in [6, 6.07) is 4.25. The third kappa shape index (κ3) is 2.17. The van der Waals surface area contributed by atoms with Crippen molar-refractivity contribution in [1.82, 2.24) is 4.98 Å². The van der Waals surface area contributed by atoms with Gasteiger partial charge in [0.25, 0.3) is 0 Å². The minimum absolute atomic E-state index is 0. The van der Waals surface area contributed by atoms with E-state index in [4.69, 9.17) is 11.6 Å². The first-order valence-electron chi connectivity index (χ1n) is 3.92. The van der Waals surface area contributed by atoms with E-state index in [1.54, 1.807) is 0 Å².